The zero-order chi connectivity index (χ0) is 19.3. The maximum Gasteiger partial charge on any atom is 0.352 e. The molecule has 5 nitrogen and oxygen atoms in total. The van der Waals surface area contributed by atoms with E-state index in [2.05, 4.69) is 37.2 Å². The van der Waals surface area contributed by atoms with Crippen LogP contribution < -0.4 is 10.1 Å². The summed E-state index contributed by atoms with van der Waals surface area (Å²) < 4.78 is 20.1. The minimum Gasteiger partial charge on any atom is -0.487 e. The molecule has 0 aliphatic rings. The predicted molar refractivity (Wildman–Crippen MR) is 102 cm³/mol. The van der Waals surface area contributed by atoms with Gasteiger partial charge < -0.3 is 15.2 Å². The number of rotatable bonds is 6. The first-order chi connectivity index (χ1) is 12.3. The van der Waals surface area contributed by atoms with Crippen LogP contribution in [0.3, 0.4) is 0 Å². The molecule has 0 unspecified atom stereocenters. The minimum atomic E-state index is -1.25. The van der Waals surface area contributed by atoms with E-state index in [1.807, 2.05) is 0 Å². The molecular weight excluding hydrogens is 473 g/mol. The van der Waals surface area contributed by atoms with Crippen molar-refractivity contribution < 1.29 is 23.8 Å². The monoisotopic (exact) mass is 485 g/mol. The summed E-state index contributed by atoms with van der Waals surface area (Å²) in [7, 11) is 0. The predicted octanol–water partition coefficient (Wildman–Crippen LogP) is 4.49. The highest BCUT2D eigenvalue weighted by atomic mass is 79.9. The van der Waals surface area contributed by atoms with E-state index in [1.54, 1.807) is 24.3 Å². The van der Waals surface area contributed by atoms with Crippen molar-refractivity contribution in [3.05, 3.63) is 68.0 Å². The minimum absolute atomic E-state index is 0.163. The van der Waals surface area contributed by atoms with Gasteiger partial charge in [-0.1, -0.05) is 12.1 Å². The van der Waals surface area contributed by atoms with Crippen molar-refractivity contribution in [3.8, 4) is 5.75 Å². The average Bonchev–Trinajstić information content (AvgIpc) is 2.53. The lowest BCUT2D eigenvalue weighted by Gasteiger charge is -2.12. The van der Waals surface area contributed by atoms with Crippen molar-refractivity contribution >= 4 is 49.8 Å². The van der Waals surface area contributed by atoms with E-state index in [0.717, 1.165) is 0 Å². The third kappa shape index (κ3) is 5.67. The van der Waals surface area contributed by atoms with Gasteiger partial charge in [-0.25, -0.2) is 9.18 Å². The van der Waals surface area contributed by atoms with Crippen LogP contribution in [0.1, 0.15) is 18.1 Å². The first kappa shape index (κ1) is 20.1. The summed E-state index contributed by atoms with van der Waals surface area (Å²) in [6.45, 7) is 1.39. The second-order valence-corrected chi connectivity index (χ2v) is 6.99. The number of aliphatic carboxylic acids is 1. The first-order valence-electron chi connectivity index (χ1n) is 7.35. The maximum absolute atomic E-state index is 13.2. The summed E-state index contributed by atoms with van der Waals surface area (Å²) >= 11 is 6.74. The van der Waals surface area contributed by atoms with Crippen LogP contribution in [0, 0.1) is 5.82 Å². The van der Waals surface area contributed by atoms with Gasteiger partial charge in [0.25, 0.3) is 0 Å². The molecule has 136 valence electrons. The summed E-state index contributed by atoms with van der Waals surface area (Å²) in [5.41, 5.74) is 0.962. The second-order valence-electron chi connectivity index (χ2n) is 5.28. The number of nitrogens with one attached hydrogen (secondary N) is 1. The Labute approximate surface area is 166 Å². The van der Waals surface area contributed by atoms with Crippen LogP contribution in [0.4, 0.5) is 4.39 Å². The number of carboxylic acids is 1. The molecule has 0 saturated carbocycles. The topological polar surface area (TPSA) is 75.6 Å². The van der Waals surface area contributed by atoms with Gasteiger partial charge in [0.2, 0.25) is 5.91 Å². The second kappa shape index (κ2) is 8.95. The van der Waals surface area contributed by atoms with Crippen molar-refractivity contribution in [1.29, 1.82) is 0 Å². The first-order valence-corrected chi connectivity index (χ1v) is 8.93. The number of ether oxygens (including phenoxy) is 1. The lowest BCUT2D eigenvalue weighted by molar-refractivity contribution is -0.134. The van der Waals surface area contributed by atoms with E-state index < -0.39 is 11.9 Å². The molecule has 0 heterocycles. The number of halogens is 3. The molecule has 0 aliphatic carbocycles. The van der Waals surface area contributed by atoms with Gasteiger partial charge >= 0.3 is 5.97 Å². The zero-order valence-corrected chi connectivity index (χ0v) is 16.7. The van der Waals surface area contributed by atoms with E-state index in [-0.39, 0.29) is 18.1 Å². The number of hydrogen-bond acceptors (Lipinski definition) is 3. The van der Waals surface area contributed by atoms with Gasteiger partial charge in [0.05, 0.1) is 8.95 Å². The van der Waals surface area contributed by atoms with Crippen molar-refractivity contribution in [2.24, 2.45) is 0 Å². The van der Waals surface area contributed by atoms with Crippen LogP contribution in [0.15, 0.2) is 51.0 Å². The van der Waals surface area contributed by atoms with Gasteiger partial charge in [-0.05, 0) is 73.3 Å². The lowest BCUT2D eigenvalue weighted by atomic mass is 10.2. The van der Waals surface area contributed by atoms with Crippen LogP contribution >= 0.6 is 31.9 Å². The molecule has 1 amide bonds. The number of amides is 1. The van der Waals surface area contributed by atoms with Gasteiger partial charge in [-0.3, -0.25) is 4.79 Å². The quantitative estimate of drug-likeness (QED) is 0.590. The number of hydrogen-bond donors (Lipinski definition) is 2. The van der Waals surface area contributed by atoms with Gasteiger partial charge in [-0.2, -0.15) is 0 Å². The molecule has 2 rings (SSSR count). The zero-order valence-electron chi connectivity index (χ0n) is 13.6. The van der Waals surface area contributed by atoms with E-state index in [0.29, 0.717) is 25.8 Å². The highest BCUT2D eigenvalue weighted by Gasteiger charge is 2.12. The Bertz CT molecular complexity index is 860. The molecule has 0 bridgehead atoms. The molecule has 0 radical (unpaired) electrons. The number of carboxylic acid groups (broad SMARTS) is 1. The van der Waals surface area contributed by atoms with Crippen LogP contribution in [0.5, 0.6) is 5.75 Å². The highest BCUT2D eigenvalue weighted by Crippen LogP contribution is 2.36. The SMILES string of the molecule is CC(=O)N/C(=C/c1cc(Br)c(OCc2cccc(F)c2)c(Br)c1)C(=O)O. The summed E-state index contributed by atoms with van der Waals surface area (Å²) in [4.78, 5) is 22.3. The van der Waals surface area contributed by atoms with Gasteiger partial charge in [0, 0.05) is 6.92 Å². The normalized spacial score (nSPS) is 11.2. The van der Waals surface area contributed by atoms with Crippen LogP contribution in [-0.2, 0) is 16.2 Å². The van der Waals surface area contributed by atoms with Gasteiger partial charge in [0.1, 0.15) is 23.9 Å². The molecule has 0 fully saturated rings. The van der Waals surface area contributed by atoms with E-state index >= 15 is 0 Å². The molecule has 26 heavy (non-hydrogen) atoms. The van der Waals surface area contributed by atoms with Crippen molar-refractivity contribution in [1.82, 2.24) is 5.32 Å². The maximum atomic E-state index is 13.2. The molecular formula is C18H14Br2FNO4. The van der Waals surface area contributed by atoms with Crippen LogP contribution in [0.25, 0.3) is 6.08 Å². The highest BCUT2D eigenvalue weighted by molar-refractivity contribution is 9.11. The number of benzene rings is 2. The summed E-state index contributed by atoms with van der Waals surface area (Å²) in [6, 6.07) is 9.37. The third-order valence-corrected chi connectivity index (χ3v) is 4.32. The van der Waals surface area contributed by atoms with E-state index in [9.17, 15) is 14.0 Å². The fraction of sp³-hybridized carbons (Fsp3) is 0.111. The number of carbonyl (C=O) groups is 2. The molecule has 0 atom stereocenters. The molecule has 2 aromatic carbocycles. The van der Waals surface area contributed by atoms with E-state index in [1.165, 1.54) is 25.1 Å². The molecule has 2 aromatic rings. The summed E-state index contributed by atoms with van der Waals surface area (Å²) in [5.74, 6) is -1.59. The fourth-order valence-electron chi connectivity index (χ4n) is 2.09. The van der Waals surface area contributed by atoms with Gasteiger partial charge in [0.15, 0.2) is 0 Å². The Morgan fingerprint density at radius 3 is 2.42 bits per heavy atom. The van der Waals surface area contributed by atoms with Gasteiger partial charge in [-0.15, -0.1) is 0 Å². The molecule has 2 N–H and O–H groups in total. The van der Waals surface area contributed by atoms with E-state index in [4.69, 9.17) is 9.84 Å². The Balaban J connectivity index is 2.24. The Morgan fingerprint density at radius 1 is 1.23 bits per heavy atom. The molecule has 0 spiro atoms. The smallest absolute Gasteiger partial charge is 0.352 e. The number of carbonyl (C=O) groups excluding carboxylic acids is 1. The standard InChI is InChI=1S/C18H14Br2FNO4/c1-10(23)22-16(18(24)25)8-12-6-14(19)17(15(20)7-12)26-9-11-3-2-4-13(21)5-11/h2-8H,9H2,1H3,(H,22,23)(H,24,25)/b16-8+. The largest absolute Gasteiger partial charge is 0.487 e. The molecule has 0 saturated heterocycles. The molecule has 8 heteroatoms. The Morgan fingerprint density at radius 2 is 1.88 bits per heavy atom. The van der Waals surface area contributed by atoms with Crippen molar-refractivity contribution in [2.75, 3.05) is 0 Å². The Hall–Kier alpha value is -2.19. The van der Waals surface area contributed by atoms with Crippen molar-refractivity contribution in [3.63, 3.8) is 0 Å². The third-order valence-electron chi connectivity index (χ3n) is 3.14. The Kier molecular flexibility index (Phi) is 6.93. The summed E-state index contributed by atoms with van der Waals surface area (Å²) in [6.07, 6.45) is 1.33. The fourth-order valence-corrected chi connectivity index (χ4v) is 3.54. The lowest BCUT2D eigenvalue weighted by Crippen LogP contribution is -2.24. The molecule has 0 aliphatic heterocycles. The molecule has 0 aromatic heterocycles. The van der Waals surface area contributed by atoms with Crippen LogP contribution in [0.2, 0.25) is 0 Å². The summed E-state index contributed by atoms with van der Waals surface area (Å²) in [5, 5.41) is 11.4. The average molecular weight is 487 g/mol. The van der Waals surface area contributed by atoms with Crippen LogP contribution in [-0.4, -0.2) is 17.0 Å². The van der Waals surface area contributed by atoms with Crippen molar-refractivity contribution in [2.45, 2.75) is 13.5 Å².